The summed E-state index contributed by atoms with van der Waals surface area (Å²) in [4.78, 5) is 0. The van der Waals surface area contributed by atoms with Crippen LogP contribution in [0, 0.1) is 27.7 Å². The molecule has 1 nitrogen and oxygen atoms in total. The Morgan fingerprint density at radius 1 is 0.733 bits per heavy atom. The van der Waals surface area contributed by atoms with Gasteiger partial charge in [-0.05, 0) is 51.0 Å². The van der Waals surface area contributed by atoms with E-state index < -0.39 is 0 Å². The maximum Gasteiger partial charge on any atom is 0.0513 e. The summed E-state index contributed by atoms with van der Waals surface area (Å²) in [5.74, 6) is 0. The maximum absolute atomic E-state index is 2.32. The number of aryl methyl sites for hydroxylation is 4. The fourth-order valence-corrected chi connectivity index (χ4v) is 2.18. The zero-order chi connectivity index (χ0) is 11.0. The molecule has 1 heteroatoms. The number of benzene rings is 1. The normalized spacial score (nSPS) is 10.7. The maximum atomic E-state index is 2.32. The molecule has 0 aliphatic heterocycles. The minimum atomic E-state index is 1.30. The molecule has 0 unspecified atom stereocenters. The number of rotatable bonds is 1. The fourth-order valence-electron chi connectivity index (χ4n) is 2.18. The summed E-state index contributed by atoms with van der Waals surface area (Å²) >= 11 is 0. The summed E-state index contributed by atoms with van der Waals surface area (Å²) in [6.07, 6.45) is 0. The first-order chi connectivity index (χ1) is 7.11. The van der Waals surface area contributed by atoms with Crippen LogP contribution >= 0.6 is 0 Å². The molecule has 0 aliphatic carbocycles. The van der Waals surface area contributed by atoms with E-state index in [4.69, 9.17) is 0 Å². The molecule has 2 aromatic rings. The van der Waals surface area contributed by atoms with E-state index in [0.29, 0.717) is 0 Å². The molecule has 1 heterocycles. The largest absolute Gasteiger partial charge is 0.318 e. The van der Waals surface area contributed by atoms with Crippen LogP contribution in [0.3, 0.4) is 0 Å². The van der Waals surface area contributed by atoms with Gasteiger partial charge in [-0.3, -0.25) is 0 Å². The number of hydrogen-bond acceptors (Lipinski definition) is 0. The van der Waals surface area contributed by atoms with Crippen molar-refractivity contribution in [3.05, 3.63) is 52.8 Å². The van der Waals surface area contributed by atoms with Crippen molar-refractivity contribution in [3.63, 3.8) is 0 Å². The Kier molecular flexibility index (Phi) is 2.39. The highest BCUT2D eigenvalue weighted by Crippen LogP contribution is 2.22. The molecular weight excluding hydrogens is 182 g/mol. The fraction of sp³-hybridized carbons (Fsp3) is 0.286. The molecule has 0 saturated heterocycles. The van der Waals surface area contributed by atoms with E-state index in [1.807, 2.05) is 0 Å². The first-order valence-electron chi connectivity index (χ1n) is 5.33. The molecule has 0 bridgehead atoms. The van der Waals surface area contributed by atoms with Crippen molar-refractivity contribution < 1.29 is 0 Å². The van der Waals surface area contributed by atoms with Crippen LogP contribution in [-0.4, -0.2) is 4.57 Å². The topological polar surface area (TPSA) is 4.93 Å². The molecule has 78 valence electrons. The first-order valence-corrected chi connectivity index (χ1v) is 5.33. The number of hydrogen-bond donors (Lipinski definition) is 0. The zero-order valence-electron chi connectivity index (χ0n) is 9.83. The predicted molar refractivity (Wildman–Crippen MR) is 64.7 cm³/mol. The van der Waals surface area contributed by atoms with Gasteiger partial charge in [-0.25, -0.2) is 0 Å². The van der Waals surface area contributed by atoms with Crippen LogP contribution in [-0.2, 0) is 0 Å². The molecule has 15 heavy (non-hydrogen) atoms. The van der Waals surface area contributed by atoms with Crippen molar-refractivity contribution in [2.75, 3.05) is 0 Å². The Morgan fingerprint density at radius 3 is 1.67 bits per heavy atom. The van der Waals surface area contributed by atoms with Gasteiger partial charge in [-0.15, -0.1) is 0 Å². The molecule has 0 spiro atoms. The van der Waals surface area contributed by atoms with Crippen LogP contribution in [0.25, 0.3) is 5.69 Å². The molecule has 0 atom stereocenters. The lowest BCUT2D eigenvalue weighted by molar-refractivity contribution is 0.944. The van der Waals surface area contributed by atoms with Crippen LogP contribution in [0.2, 0.25) is 0 Å². The molecule has 1 aromatic carbocycles. The molecule has 0 N–H and O–H groups in total. The smallest absolute Gasteiger partial charge is 0.0513 e. The minimum absolute atomic E-state index is 1.30. The van der Waals surface area contributed by atoms with Gasteiger partial charge in [-0.2, -0.15) is 0 Å². The highest BCUT2D eigenvalue weighted by Gasteiger charge is 2.08. The second-order valence-corrected chi connectivity index (χ2v) is 4.19. The lowest BCUT2D eigenvalue weighted by atomic mass is 10.1. The second kappa shape index (κ2) is 3.58. The SMILES string of the molecule is Cc1cccc(C)c1-n1c(C)ccc1C. The standard InChI is InChI=1S/C14H17N/c1-10-6-5-7-11(2)14(10)15-12(3)8-9-13(15)4/h5-9H,1-4H3. The second-order valence-electron chi connectivity index (χ2n) is 4.19. The Bertz CT molecular complexity index is 452. The van der Waals surface area contributed by atoms with Gasteiger partial charge in [0.15, 0.2) is 0 Å². The van der Waals surface area contributed by atoms with Gasteiger partial charge in [-0.1, -0.05) is 18.2 Å². The minimum Gasteiger partial charge on any atom is -0.318 e. The summed E-state index contributed by atoms with van der Waals surface area (Å²) in [5.41, 5.74) is 6.59. The van der Waals surface area contributed by atoms with Crippen molar-refractivity contribution in [1.82, 2.24) is 4.57 Å². The molecule has 0 amide bonds. The lowest BCUT2D eigenvalue weighted by Gasteiger charge is -2.15. The van der Waals surface area contributed by atoms with Gasteiger partial charge < -0.3 is 4.57 Å². The van der Waals surface area contributed by atoms with Crippen LogP contribution in [0.15, 0.2) is 30.3 Å². The Balaban J connectivity index is 2.74. The Hall–Kier alpha value is -1.50. The van der Waals surface area contributed by atoms with Crippen molar-refractivity contribution in [2.24, 2.45) is 0 Å². The Morgan fingerprint density at radius 2 is 1.20 bits per heavy atom. The molecular formula is C14H17N. The van der Waals surface area contributed by atoms with Gasteiger partial charge in [0.05, 0.1) is 5.69 Å². The Labute approximate surface area is 91.4 Å². The molecule has 0 radical (unpaired) electrons. The summed E-state index contributed by atoms with van der Waals surface area (Å²) in [7, 11) is 0. The lowest BCUT2D eigenvalue weighted by Crippen LogP contribution is -2.03. The van der Waals surface area contributed by atoms with Gasteiger partial charge in [0.1, 0.15) is 0 Å². The molecule has 0 saturated carbocycles. The summed E-state index contributed by atoms with van der Waals surface area (Å²) in [6, 6.07) is 10.8. The van der Waals surface area contributed by atoms with Gasteiger partial charge in [0.2, 0.25) is 0 Å². The highest BCUT2D eigenvalue weighted by molar-refractivity contribution is 5.49. The van der Waals surface area contributed by atoms with Crippen LogP contribution in [0.1, 0.15) is 22.5 Å². The van der Waals surface area contributed by atoms with Crippen LogP contribution < -0.4 is 0 Å². The van der Waals surface area contributed by atoms with E-state index in [-0.39, 0.29) is 0 Å². The molecule has 1 aromatic heterocycles. The highest BCUT2D eigenvalue weighted by atomic mass is 15.0. The third-order valence-electron chi connectivity index (χ3n) is 2.93. The molecule has 0 aliphatic rings. The number of para-hydroxylation sites is 1. The average Bonchev–Trinajstić information content (AvgIpc) is 2.49. The third-order valence-corrected chi connectivity index (χ3v) is 2.93. The summed E-state index contributed by atoms with van der Waals surface area (Å²) in [6.45, 7) is 8.64. The summed E-state index contributed by atoms with van der Waals surface area (Å²) < 4.78 is 2.32. The summed E-state index contributed by atoms with van der Waals surface area (Å²) in [5, 5.41) is 0. The zero-order valence-corrected chi connectivity index (χ0v) is 9.83. The van der Waals surface area contributed by atoms with Crippen molar-refractivity contribution in [3.8, 4) is 5.69 Å². The van der Waals surface area contributed by atoms with Crippen molar-refractivity contribution >= 4 is 0 Å². The van der Waals surface area contributed by atoms with Crippen LogP contribution in [0.4, 0.5) is 0 Å². The van der Waals surface area contributed by atoms with E-state index in [0.717, 1.165) is 0 Å². The van der Waals surface area contributed by atoms with E-state index in [2.05, 4.69) is 62.6 Å². The quantitative estimate of drug-likeness (QED) is 0.659. The molecule has 0 fully saturated rings. The van der Waals surface area contributed by atoms with Gasteiger partial charge >= 0.3 is 0 Å². The average molecular weight is 199 g/mol. The van der Waals surface area contributed by atoms with E-state index in [9.17, 15) is 0 Å². The number of aromatic nitrogens is 1. The van der Waals surface area contributed by atoms with Crippen LogP contribution in [0.5, 0.6) is 0 Å². The first kappa shape index (κ1) is 10.0. The van der Waals surface area contributed by atoms with Gasteiger partial charge in [0.25, 0.3) is 0 Å². The van der Waals surface area contributed by atoms with Crippen molar-refractivity contribution in [1.29, 1.82) is 0 Å². The van der Waals surface area contributed by atoms with E-state index >= 15 is 0 Å². The third kappa shape index (κ3) is 1.58. The molecule has 2 rings (SSSR count). The van der Waals surface area contributed by atoms with Crippen molar-refractivity contribution in [2.45, 2.75) is 27.7 Å². The van der Waals surface area contributed by atoms with E-state index in [1.165, 1.54) is 28.2 Å². The van der Waals surface area contributed by atoms with Gasteiger partial charge in [0, 0.05) is 11.4 Å². The number of nitrogens with zero attached hydrogens (tertiary/aromatic N) is 1. The monoisotopic (exact) mass is 199 g/mol. The van der Waals surface area contributed by atoms with E-state index in [1.54, 1.807) is 0 Å². The predicted octanol–water partition coefficient (Wildman–Crippen LogP) is 3.71.